The minimum absolute atomic E-state index is 0.0781. The first-order valence-corrected chi connectivity index (χ1v) is 10.7. The third-order valence-electron chi connectivity index (χ3n) is 5.90. The van der Waals surface area contributed by atoms with Crippen molar-refractivity contribution in [3.05, 3.63) is 34.8 Å². The maximum Gasteiger partial charge on any atom is 0.223 e. The van der Waals surface area contributed by atoms with Gasteiger partial charge in [0.2, 0.25) is 5.91 Å². The van der Waals surface area contributed by atoms with Crippen LogP contribution in [0.5, 0.6) is 5.75 Å². The summed E-state index contributed by atoms with van der Waals surface area (Å²) in [5.41, 5.74) is 8.10. The number of nitrogens with zero attached hydrogens (tertiary/aromatic N) is 1. The van der Waals surface area contributed by atoms with Crippen LogP contribution in [0.15, 0.2) is 24.3 Å². The van der Waals surface area contributed by atoms with E-state index in [1.807, 2.05) is 24.3 Å². The van der Waals surface area contributed by atoms with E-state index in [1.165, 1.54) is 4.88 Å². The number of aromatic nitrogens is 1. The Labute approximate surface area is 164 Å². The largest absolute Gasteiger partial charge is 0.497 e. The second kappa shape index (κ2) is 7.98. The fraction of sp³-hybridized carbons (Fsp3) is 0.524. The van der Waals surface area contributed by atoms with E-state index in [4.69, 9.17) is 15.5 Å². The first-order chi connectivity index (χ1) is 13.2. The molecule has 4 rings (SSSR count). The second-order valence-electron chi connectivity index (χ2n) is 7.55. The summed E-state index contributed by atoms with van der Waals surface area (Å²) >= 11 is 1.71. The molecule has 2 aliphatic carbocycles. The van der Waals surface area contributed by atoms with Crippen LogP contribution in [0, 0.1) is 11.8 Å². The van der Waals surface area contributed by atoms with Gasteiger partial charge in [-0.05, 0) is 68.8 Å². The van der Waals surface area contributed by atoms with Gasteiger partial charge in [0, 0.05) is 11.5 Å². The molecule has 2 aromatic rings. The Kier molecular flexibility index (Phi) is 5.45. The number of ether oxygens (including phenoxy) is 1. The number of thiazole rings is 1. The van der Waals surface area contributed by atoms with E-state index in [0.29, 0.717) is 12.5 Å². The standard InChI is InChI=1S/C21H27N3O2S/c1-26-15-10-8-13(9-11-15)21-24-18-7-3-6-17(19(18)27-21)23-20(25)16-5-2-4-14(16)12-22/h8-11,14,16-17H,2-7,12,22H2,1H3,(H,23,25)/t14-,16-,17?/m1/s1. The Morgan fingerprint density at radius 1 is 1.26 bits per heavy atom. The molecule has 144 valence electrons. The zero-order valence-electron chi connectivity index (χ0n) is 15.7. The fourth-order valence-corrected chi connectivity index (χ4v) is 5.56. The number of rotatable bonds is 5. The van der Waals surface area contributed by atoms with Gasteiger partial charge in [0.05, 0.1) is 23.7 Å². The van der Waals surface area contributed by atoms with Gasteiger partial charge in [-0.25, -0.2) is 4.98 Å². The minimum Gasteiger partial charge on any atom is -0.497 e. The van der Waals surface area contributed by atoms with E-state index in [9.17, 15) is 4.79 Å². The number of methoxy groups -OCH3 is 1. The normalized spacial score (nSPS) is 24.4. The number of fused-ring (bicyclic) bond motifs is 1. The molecule has 5 nitrogen and oxygen atoms in total. The summed E-state index contributed by atoms with van der Waals surface area (Å²) < 4.78 is 5.24. The van der Waals surface area contributed by atoms with Gasteiger partial charge in [-0.2, -0.15) is 0 Å². The van der Waals surface area contributed by atoms with Gasteiger partial charge >= 0.3 is 0 Å². The molecule has 2 aliphatic rings. The van der Waals surface area contributed by atoms with Crippen LogP contribution in [-0.2, 0) is 11.2 Å². The van der Waals surface area contributed by atoms with Crippen LogP contribution >= 0.6 is 11.3 Å². The van der Waals surface area contributed by atoms with E-state index < -0.39 is 0 Å². The maximum atomic E-state index is 12.8. The molecular weight excluding hydrogens is 358 g/mol. The van der Waals surface area contributed by atoms with Crippen molar-refractivity contribution in [3.8, 4) is 16.3 Å². The Morgan fingerprint density at radius 2 is 2.07 bits per heavy atom. The molecular formula is C21H27N3O2S. The summed E-state index contributed by atoms with van der Waals surface area (Å²) in [6.45, 7) is 0.607. The van der Waals surface area contributed by atoms with Crippen LogP contribution in [0.3, 0.4) is 0 Å². The van der Waals surface area contributed by atoms with Crippen molar-refractivity contribution in [3.63, 3.8) is 0 Å². The smallest absolute Gasteiger partial charge is 0.223 e. The van der Waals surface area contributed by atoms with E-state index in [1.54, 1.807) is 18.4 Å². The van der Waals surface area contributed by atoms with Gasteiger partial charge in [0.15, 0.2) is 0 Å². The number of aryl methyl sites for hydroxylation is 1. The Bertz CT molecular complexity index is 802. The molecule has 1 aromatic carbocycles. The average molecular weight is 386 g/mol. The highest BCUT2D eigenvalue weighted by Crippen LogP contribution is 2.39. The van der Waals surface area contributed by atoms with Crippen molar-refractivity contribution in [2.75, 3.05) is 13.7 Å². The minimum atomic E-state index is 0.0781. The van der Waals surface area contributed by atoms with Crippen molar-refractivity contribution in [2.45, 2.75) is 44.6 Å². The highest BCUT2D eigenvalue weighted by molar-refractivity contribution is 7.15. The van der Waals surface area contributed by atoms with E-state index >= 15 is 0 Å². The highest BCUT2D eigenvalue weighted by atomic mass is 32.1. The first kappa shape index (κ1) is 18.4. The molecule has 3 atom stereocenters. The number of hydrogen-bond acceptors (Lipinski definition) is 5. The molecule has 1 aromatic heterocycles. The van der Waals surface area contributed by atoms with Crippen molar-refractivity contribution >= 4 is 17.2 Å². The molecule has 0 bridgehead atoms. The van der Waals surface area contributed by atoms with Crippen LogP contribution in [-0.4, -0.2) is 24.5 Å². The quantitative estimate of drug-likeness (QED) is 0.823. The lowest BCUT2D eigenvalue weighted by Crippen LogP contribution is -2.38. The zero-order chi connectivity index (χ0) is 18.8. The summed E-state index contributed by atoms with van der Waals surface area (Å²) in [4.78, 5) is 18.9. The summed E-state index contributed by atoms with van der Waals surface area (Å²) in [7, 11) is 1.67. The zero-order valence-corrected chi connectivity index (χ0v) is 16.6. The molecule has 0 saturated heterocycles. The van der Waals surface area contributed by atoms with Gasteiger partial charge in [-0.3, -0.25) is 4.79 Å². The molecule has 1 amide bonds. The number of carbonyl (C=O) groups excluding carboxylic acids is 1. The van der Waals surface area contributed by atoms with Gasteiger partial charge in [-0.15, -0.1) is 11.3 Å². The number of carbonyl (C=O) groups is 1. The van der Waals surface area contributed by atoms with Gasteiger partial charge in [-0.1, -0.05) is 6.42 Å². The lowest BCUT2D eigenvalue weighted by atomic mass is 9.93. The highest BCUT2D eigenvalue weighted by Gasteiger charge is 2.34. The van der Waals surface area contributed by atoms with Gasteiger partial charge in [0.25, 0.3) is 0 Å². The number of nitrogens with one attached hydrogen (secondary N) is 1. The molecule has 0 aliphatic heterocycles. The molecule has 27 heavy (non-hydrogen) atoms. The fourth-order valence-electron chi connectivity index (χ4n) is 4.36. The molecule has 0 spiro atoms. The summed E-state index contributed by atoms with van der Waals surface area (Å²) in [6, 6.07) is 8.09. The molecule has 1 saturated carbocycles. The second-order valence-corrected chi connectivity index (χ2v) is 8.58. The third-order valence-corrected chi connectivity index (χ3v) is 7.16. The van der Waals surface area contributed by atoms with Crippen molar-refractivity contribution in [1.29, 1.82) is 0 Å². The van der Waals surface area contributed by atoms with Crippen molar-refractivity contribution in [1.82, 2.24) is 10.3 Å². The van der Waals surface area contributed by atoms with E-state index in [2.05, 4.69) is 5.32 Å². The predicted molar refractivity (Wildman–Crippen MR) is 108 cm³/mol. The predicted octanol–water partition coefficient (Wildman–Crippen LogP) is 3.69. The lowest BCUT2D eigenvalue weighted by molar-refractivity contribution is -0.126. The summed E-state index contributed by atoms with van der Waals surface area (Å²) in [5, 5.41) is 4.34. The van der Waals surface area contributed by atoms with Crippen LogP contribution in [0.4, 0.5) is 0 Å². The molecule has 1 fully saturated rings. The topological polar surface area (TPSA) is 77.2 Å². The van der Waals surface area contributed by atoms with Crippen LogP contribution < -0.4 is 15.8 Å². The lowest BCUT2D eigenvalue weighted by Gasteiger charge is -2.25. The summed E-state index contributed by atoms with van der Waals surface area (Å²) in [5.74, 6) is 1.44. The monoisotopic (exact) mass is 385 g/mol. The van der Waals surface area contributed by atoms with Crippen LogP contribution in [0.1, 0.15) is 48.7 Å². The maximum absolute atomic E-state index is 12.8. The van der Waals surface area contributed by atoms with Crippen LogP contribution in [0.25, 0.3) is 10.6 Å². The average Bonchev–Trinajstić information content (AvgIpc) is 3.35. The third kappa shape index (κ3) is 3.73. The van der Waals surface area contributed by atoms with Crippen molar-refractivity contribution < 1.29 is 9.53 Å². The molecule has 0 radical (unpaired) electrons. The van der Waals surface area contributed by atoms with Crippen LogP contribution in [0.2, 0.25) is 0 Å². The van der Waals surface area contributed by atoms with Gasteiger partial charge < -0.3 is 15.8 Å². The molecule has 6 heteroatoms. The van der Waals surface area contributed by atoms with E-state index in [0.717, 1.165) is 60.5 Å². The number of nitrogens with two attached hydrogens (primary N) is 1. The Morgan fingerprint density at radius 3 is 2.81 bits per heavy atom. The number of benzene rings is 1. The first-order valence-electron chi connectivity index (χ1n) is 9.84. The van der Waals surface area contributed by atoms with Crippen molar-refractivity contribution in [2.24, 2.45) is 17.6 Å². The molecule has 3 N–H and O–H groups in total. The SMILES string of the molecule is COc1ccc(-c2nc3c(s2)C(NC(=O)[C@@H]2CCC[C@@H]2CN)CCC3)cc1. The molecule has 1 unspecified atom stereocenters. The molecule has 1 heterocycles. The number of hydrogen-bond donors (Lipinski definition) is 2. The Balaban J connectivity index is 1.52. The van der Waals surface area contributed by atoms with Gasteiger partial charge in [0.1, 0.15) is 10.8 Å². The van der Waals surface area contributed by atoms with E-state index in [-0.39, 0.29) is 17.9 Å². The number of amides is 1. The summed E-state index contributed by atoms with van der Waals surface area (Å²) in [6.07, 6.45) is 6.19. The Hall–Kier alpha value is -1.92.